The zero-order valence-electron chi connectivity index (χ0n) is 13.5. The van der Waals surface area contributed by atoms with Gasteiger partial charge in [-0.05, 0) is 31.4 Å². The van der Waals surface area contributed by atoms with Crippen LogP contribution in [-0.2, 0) is 16.1 Å². The SMILES string of the molecule is O=C(CN1CCCCC(O)C1=O)NCCn1cnc2ccccc21. The molecule has 0 aliphatic carbocycles. The van der Waals surface area contributed by atoms with E-state index in [2.05, 4.69) is 10.3 Å². The molecule has 0 saturated carbocycles. The zero-order valence-corrected chi connectivity index (χ0v) is 13.5. The van der Waals surface area contributed by atoms with Gasteiger partial charge in [-0.25, -0.2) is 4.98 Å². The van der Waals surface area contributed by atoms with E-state index >= 15 is 0 Å². The molecular formula is C17H22N4O3. The van der Waals surface area contributed by atoms with E-state index in [1.54, 1.807) is 6.33 Å². The van der Waals surface area contributed by atoms with E-state index in [9.17, 15) is 14.7 Å². The number of nitrogens with zero attached hydrogens (tertiary/aromatic N) is 3. The Morgan fingerprint density at radius 3 is 3.04 bits per heavy atom. The van der Waals surface area contributed by atoms with Gasteiger partial charge in [-0.3, -0.25) is 9.59 Å². The molecule has 1 atom stereocenters. The maximum atomic E-state index is 12.1. The Morgan fingerprint density at radius 1 is 1.33 bits per heavy atom. The first-order valence-corrected chi connectivity index (χ1v) is 8.28. The highest BCUT2D eigenvalue weighted by Gasteiger charge is 2.26. The molecule has 1 aliphatic rings. The normalized spacial score (nSPS) is 18.6. The van der Waals surface area contributed by atoms with Crippen molar-refractivity contribution in [1.29, 1.82) is 0 Å². The first kappa shape index (κ1) is 16.4. The Kier molecular flexibility index (Phi) is 5.10. The third-order valence-electron chi connectivity index (χ3n) is 4.29. The van der Waals surface area contributed by atoms with Gasteiger partial charge in [0.15, 0.2) is 0 Å². The molecule has 1 aliphatic heterocycles. The molecule has 1 fully saturated rings. The molecule has 24 heavy (non-hydrogen) atoms. The number of amides is 2. The van der Waals surface area contributed by atoms with Gasteiger partial charge >= 0.3 is 0 Å². The van der Waals surface area contributed by atoms with Crippen molar-refractivity contribution in [3.63, 3.8) is 0 Å². The number of rotatable bonds is 5. The maximum absolute atomic E-state index is 12.1. The average Bonchev–Trinajstić information content (AvgIpc) is 2.93. The van der Waals surface area contributed by atoms with Gasteiger partial charge in [-0.15, -0.1) is 0 Å². The average molecular weight is 330 g/mol. The molecule has 2 N–H and O–H groups in total. The summed E-state index contributed by atoms with van der Waals surface area (Å²) >= 11 is 0. The van der Waals surface area contributed by atoms with E-state index in [0.29, 0.717) is 26.1 Å². The van der Waals surface area contributed by atoms with Crippen molar-refractivity contribution in [2.24, 2.45) is 0 Å². The Bertz CT molecular complexity index is 727. The molecule has 2 aromatic rings. The molecule has 2 amide bonds. The van der Waals surface area contributed by atoms with Crippen LogP contribution in [0.3, 0.4) is 0 Å². The van der Waals surface area contributed by atoms with Crippen molar-refractivity contribution in [1.82, 2.24) is 19.8 Å². The quantitative estimate of drug-likeness (QED) is 0.837. The molecule has 0 spiro atoms. The van der Waals surface area contributed by atoms with Gasteiger partial charge < -0.3 is 19.9 Å². The first-order valence-electron chi connectivity index (χ1n) is 8.28. The molecule has 1 saturated heterocycles. The standard InChI is InChI=1S/C17H22N4O3/c22-15-7-3-4-9-20(17(15)24)11-16(23)18-8-10-21-12-19-13-5-1-2-6-14(13)21/h1-2,5-6,12,15,22H,3-4,7-11H2,(H,18,23). The second kappa shape index (κ2) is 7.44. The van der Waals surface area contributed by atoms with Crippen molar-refractivity contribution in [2.75, 3.05) is 19.6 Å². The van der Waals surface area contributed by atoms with E-state index in [4.69, 9.17) is 0 Å². The van der Waals surface area contributed by atoms with Gasteiger partial charge in [0.1, 0.15) is 6.10 Å². The van der Waals surface area contributed by atoms with E-state index < -0.39 is 6.10 Å². The van der Waals surface area contributed by atoms with Gasteiger partial charge in [0.2, 0.25) is 5.91 Å². The zero-order chi connectivity index (χ0) is 16.9. The smallest absolute Gasteiger partial charge is 0.251 e. The monoisotopic (exact) mass is 330 g/mol. The number of fused-ring (bicyclic) bond motifs is 1. The van der Waals surface area contributed by atoms with Crippen molar-refractivity contribution in [3.8, 4) is 0 Å². The molecule has 7 heteroatoms. The van der Waals surface area contributed by atoms with Gasteiger partial charge in [-0.2, -0.15) is 0 Å². The summed E-state index contributed by atoms with van der Waals surface area (Å²) in [4.78, 5) is 29.8. The number of hydrogen-bond donors (Lipinski definition) is 2. The van der Waals surface area contributed by atoms with Crippen LogP contribution in [0, 0.1) is 0 Å². The number of aliphatic hydroxyl groups is 1. The highest BCUT2D eigenvalue weighted by Crippen LogP contribution is 2.12. The molecule has 1 unspecified atom stereocenters. The topological polar surface area (TPSA) is 87.5 Å². The molecule has 3 rings (SSSR count). The summed E-state index contributed by atoms with van der Waals surface area (Å²) in [5.41, 5.74) is 1.95. The predicted molar refractivity (Wildman–Crippen MR) is 89.2 cm³/mol. The lowest BCUT2D eigenvalue weighted by molar-refractivity contribution is -0.142. The maximum Gasteiger partial charge on any atom is 0.251 e. The number of aromatic nitrogens is 2. The first-order chi connectivity index (χ1) is 11.6. The van der Waals surface area contributed by atoms with Crippen LogP contribution >= 0.6 is 0 Å². The molecular weight excluding hydrogens is 308 g/mol. The minimum atomic E-state index is -0.974. The third-order valence-corrected chi connectivity index (χ3v) is 4.29. The summed E-state index contributed by atoms with van der Waals surface area (Å²) in [5, 5.41) is 12.5. The fourth-order valence-corrected chi connectivity index (χ4v) is 2.98. The summed E-state index contributed by atoms with van der Waals surface area (Å²) in [5.74, 6) is -0.551. The summed E-state index contributed by atoms with van der Waals surface area (Å²) in [6, 6.07) is 7.82. The van der Waals surface area contributed by atoms with E-state index in [-0.39, 0.29) is 18.4 Å². The number of aliphatic hydroxyl groups excluding tert-OH is 1. The van der Waals surface area contributed by atoms with Crippen LogP contribution in [0.25, 0.3) is 11.0 Å². The highest BCUT2D eigenvalue weighted by molar-refractivity contribution is 5.87. The Hall–Kier alpha value is -2.41. The van der Waals surface area contributed by atoms with Crippen LogP contribution < -0.4 is 5.32 Å². The fourth-order valence-electron chi connectivity index (χ4n) is 2.98. The summed E-state index contributed by atoms with van der Waals surface area (Å²) in [6.45, 7) is 1.60. The minimum Gasteiger partial charge on any atom is -0.383 e. The molecule has 128 valence electrons. The van der Waals surface area contributed by atoms with Gasteiger partial charge in [0.05, 0.1) is 23.9 Å². The Labute approximate surface area is 140 Å². The van der Waals surface area contributed by atoms with Crippen molar-refractivity contribution in [2.45, 2.75) is 31.9 Å². The van der Waals surface area contributed by atoms with Gasteiger partial charge in [-0.1, -0.05) is 12.1 Å². The van der Waals surface area contributed by atoms with Crippen LogP contribution in [0.1, 0.15) is 19.3 Å². The second-order valence-corrected chi connectivity index (χ2v) is 6.05. The van der Waals surface area contributed by atoms with Crippen LogP contribution in [0.4, 0.5) is 0 Å². The van der Waals surface area contributed by atoms with Crippen LogP contribution in [-0.4, -0.2) is 57.1 Å². The number of hydrogen-bond acceptors (Lipinski definition) is 4. The summed E-state index contributed by atoms with van der Waals surface area (Å²) < 4.78 is 1.98. The number of carbonyl (C=O) groups is 2. The molecule has 7 nitrogen and oxygen atoms in total. The Morgan fingerprint density at radius 2 is 2.17 bits per heavy atom. The van der Waals surface area contributed by atoms with Crippen molar-refractivity contribution < 1.29 is 14.7 Å². The lowest BCUT2D eigenvalue weighted by Crippen LogP contribution is -2.44. The number of nitrogens with one attached hydrogen (secondary N) is 1. The van der Waals surface area contributed by atoms with Crippen LogP contribution in [0.2, 0.25) is 0 Å². The summed E-state index contributed by atoms with van der Waals surface area (Å²) in [7, 11) is 0. The number of imidazole rings is 1. The minimum absolute atomic E-state index is 0.000565. The summed E-state index contributed by atoms with van der Waals surface area (Å²) in [6.07, 6.45) is 2.88. The number of benzene rings is 1. The van der Waals surface area contributed by atoms with E-state index in [1.165, 1.54) is 4.90 Å². The van der Waals surface area contributed by atoms with E-state index in [1.807, 2.05) is 28.8 Å². The highest BCUT2D eigenvalue weighted by atomic mass is 16.3. The largest absolute Gasteiger partial charge is 0.383 e. The van der Waals surface area contributed by atoms with E-state index in [0.717, 1.165) is 23.9 Å². The molecule has 2 heterocycles. The lowest BCUT2D eigenvalue weighted by Gasteiger charge is -2.21. The Balaban J connectivity index is 1.49. The second-order valence-electron chi connectivity index (χ2n) is 6.05. The molecule has 1 aromatic heterocycles. The molecule has 0 bridgehead atoms. The molecule has 0 radical (unpaired) electrons. The van der Waals surface area contributed by atoms with Gasteiger partial charge in [0, 0.05) is 19.6 Å². The number of likely N-dealkylation sites (tertiary alicyclic amines) is 1. The van der Waals surface area contributed by atoms with Crippen molar-refractivity contribution in [3.05, 3.63) is 30.6 Å². The van der Waals surface area contributed by atoms with Crippen molar-refractivity contribution >= 4 is 22.8 Å². The third kappa shape index (κ3) is 3.73. The van der Waals surface area contributed by atoms with Gasteiger partial charge in [0.25, 0.3) is 5.91 Å². The van der Waals surface area contributed by atoms with Crippen LogP contribution in [0.5, 0.6) is 0 Å². The molecule has 1 aromatic carbocycles. The predicted octanol–water partition coefficient (Wildman–Crippen LogP) is 0.526. The fraction of sp³-hybridized carbons (Fsp3) is 0.471. The number of carbonyl (C=O) groups excluding carboxylic acids is 2. The number of para-hydroxylation sites is 2. The lowest BCUT2D eigenvalue weighted by atomic mass is 10.2. The van der Waals surface area contributed by atoms with Crippen LogP contribution in [0.15, 0.2) is 30.6 Å².